The second-order valence-corrected chi connectivity index (χ2v) is 4.85. The van der Waals surface area contributed by atoms with Crippen LogP contribution in [0.2, 0.25) is 0 Å². The molecule has 78 valence electrons. The fourth-order valence-electron chi connectivity index (χ4n) is 1.48. The van der Waals surface area contributed by atoms with E-state index < -0.39 is 0 Å². The second-order valence-electron chi connectivity index (χ2n) is 3.94. The van der Waals surface area contributed by atoms with Gasteiger partial charge in [-0.05, 0) is 38.3 Å². The lowest BCUT2D eigenvalue weighted by atomic mass is 9.97. The number of halogens is 1. The van der Waals surface area contributed by atoms with Crippen molar-refractivity contribution in [2.24, 2.45) is 5.73 Å². The van der Waals surface area contributed by atoms with E-state index in [1.807, 2.05) is 6.07 Å². The summed E-state index contributed by atoms with van der Waals surface area (Å²) in [6.45, 7) is 2.72. The summed E-state index contributed by atoms with van der Waals surface area (Å²) >= 11 is 6.31. The van der Waals surface area contributed by atoms with Crippen LogP contribution in [0.3, 0.4) is 0 Å². The van der Waals surface area contributed by atoms with Crippen LogP contribution in [0.4, 0.5) is 0 Å². The highest BCUT2D eigenvalue weighted by Gasteiger charge is 2.18. The summed E-state index contributed by atoms with van der Waals surface area (Å²) in [4.78, 5) is -0.148. The topological polar surface area (TPSA) is 26.0 Å². The molecule has 1 nitrogen and oxygen atoms in total. The molecule has 2 heteroatoms. The van der Waals surface area contributed by atoms with Gasteiger partial charge in [0.25, 0.3) is 0 Å². The summed E-state index contributed by atoms with van der Waals surface area (Å²) in [6, 6.07) is 10.4. The van der Waals surface area contributed by atoms with Crippen LogP contribution in [0.1, 0.15) is 25.3 Å². The van der Waals surface area contributed by atoms with E-state index in [1.165, 1.54) is 5.56 Å². The fraction of sp³-hybridized carbons (Fsp3) is 0.500. The van der Waals surface area contributed by atoms with Crippen LogP contribution >= 0.6 is 11.6 Å². The van der Waals surface area contributed by atoms with Crippen molar-refractivity contribution in [3.05, 3.63) is 35.9 Å². The molecule has 0 saturated heterocycles. The number of nitrogens with two attached hydrogens (primary N) is 1. The smallest absolute Gasteiger partial charge is 0.0433 e. The van der Waals surface area contributed by atoms with Crippen molar-refractivity contribution in [2.45, 2.75) is 31.1 Å². The molecule has 1 aromatic carbocycles. The van der Waals surface area contributed by atoms with Gasteiger partial charge in [-0.15, -0.1) is 11.6 Å². The molecule has 1 aromatic rings. The maximum absolute atomic E-state index is 6.31. The zero-order valence-electron chi connectivity index (χ0n) is 8.67. The first-order valence-electron chi connectivity index (χ1n) is 5.07. The van der Waals surface area contributed by atoms with Crippen LogP contribution in [0, 0.1) is 0 Å². The minimum atomic E-state index is -0.148. The normalized spacial score (nSPS) is 15.1. The highest BCUT2D eigenvalue weighted by molar-refractivity contribution is 6.23. The van der Waals surface area contributed by atoms with E-state index in [4.69, 9.17) is 17.3 Å². The lowest BCUT2D eigenvalue weighted by molar-refractivity contribution is 0.538. The molecule has 0 aliphatic heterocycles. The van der Waals surface area contributed by atoms with Gasteiger partial charge in [0.15, 0.2) is 0 Å². The Hall–Kier alpha value is -0.530. The minimum Gasteiger partial charge on any atom is -0.330 e. The quantitative estimate of drug-likeness (QED) is 0.745. The summed E-state index contributed by atoms with van der Waals surface area (Å²) in [5.74, 6) is 0. The predicted octanol–water partition coefficient (Wildman–Crippen LogP) is 2.97. The molecule has 0 heterocycles. The molecule has 0 amide bonds. The number of aryl methyl sites for hydroxylation is 1. The van der Waals surface area contributed by atoms with Crippen LogP contribution in [0.5, 0.6) is 0 Å². The van der Waals surface area contributed by atoms with Gasteiger partial charge in [-0.1, -0.05) is 30.3 Å². The Bertz CT molecular complexity index is 256. The Kier molecular flexibility index (Phi) is 4.43. The minimum absolute atomic E-state index is 0.148. The van der Waals surface area contributed by atoms with Crippen LogP contribution in [0.25, 0.3) is 0 Å². The number of hydrogen-bond acceptors (Lipinski definition) is 1. The Morgan fingerprint density at radius 3 is 2.43 bits per heavy atom. The highest BCUT2D eigenvalue weighted by Crippen LogP contribution is 2.24. The first-order chi connectivity index (χ1) is 6.64. The zero-order chi connectivity index (χ0) is 10.4. The van der Waals surface area contributed by atoms with E-state index in [0.29, 0.717) is 6.54 Å². The molecular formula is C12H18ClN. The molecule has 0 aliphatic rings. The van der Waals surface area contributed by atoms with Gasteiger partial charge in [-0.3, -0.25) is 0 Å². The lowest BCUT2D eigenvalue weighted by Gasteiger charge is -2.20. The summed E-state index contributed by atoms with van der Waals surface area (Å²) < 4.78 is 0. The monoisotopic (exact) mass is 211 g/mol. The standard InChI is InChI=1S/C12H18ClN/c1-12(13,9-10-14)8-7-11-5-3-2-4-6-11/h2-6H,7-10,14H2,1H3. The molecule has 1 unspecified atom stereocenters. The summed E-state index contributed by atoms with van der Waals surface area (Å²) in [6.07, 6.45) is 2.89. The average molecular weight is 212 g/mol. The first kappa shape index (κ1) is 11.5. The van der Waals surface area contributed by atoms with Gasteiger partial charge in [0, 0.05) is 4.87 Å². The molecular weight excluding hydrogens is 194 g/mol. The first-order valence-corrected chi connectivity index (χ1v) is 5.45. The van der Waals surface area contributed by atoms with E-state index in [0.717, 1.165) is 19.3 Å². The zero-order valence-corrected chi connectivity index (χ0v) is 9.43. The molecule has 1 rings (SSSR count). The third kappa shape index (κ3) is 4.12. The second kappa shape index (κ2) is 5.38. The Labute approximate surface area is 91.3 Å². The maximum Gasteiger partial charge on any atom is 0.0433 e. The molecule has 0 fully saturated rings. The highest BCUT2D eigenvalue weighted by atomic mass is 35.5. The SMILES string of the molecule is CC(Cl)(CCN)CCc1ccccc1. The van der Waals surface area contributed by atoms with Crippen molar-refractivity contribution >= 4 is 11.6 Å². The molecule has 0 radical (unpaired) electrons. The fourth-order valence-corrected chi connectivity index (χ4v) is 1.68. The van der Waals surface area contributed by atoms with Crippen molar-refractivity contribution in [3.63, 3.8) is 0 Å². The van der Waals surface area contributed by atoms with Crippen LogP contribution in [0.15, 0.2) is 30.3 Å². The lowest BCUT2D eigenvalue weighted by Crippen LogP contribution is -2.21. The van der Waals surface area contributed by atoms with E-state index in [1.54, 1.807) is 0 Å². The Morgan fingerprint density at radius 1 is 1.21 bits per heavy atom. The van der Waals surface area contributed by atoms with Crippen molar-refractivity contribution in [1.29, 1.82) is 0 Å². The van der Waals surface area contributed by atoms with Crippen molar-refractivity contribution < 1.29 is 0 Å². The van der Waals surface area contributed by atoms with Gasteiger partial charge in [0.2, 0.25) is 0 Å². The third-order valence-corrected chi connectivity index (χ3v) is 2.82. The van der Waals surface area contributed by atoms with E-state index in [9.17, 15) is 0 Å². The van der Waals surface area contributed by atoms with Crippen LogP contribution in [-0.2, 0) is 6.42 Å². The molecule has 1 atom stereocenters. The summed E-state index contributed by atoms with van der Waals surface area (Å²) in [7, 11) is 0. The molecule has 14 heavy (non-hydrogen) atoms. The van der Waals surface area contributed by atoms with Gasteiger partial charge in [0.05, 0.1) is 0 Å². The summed E-state index contributed by atoms with van der Waals surface area (Å²) in [5.41, 5.74) is 6.84. The third-order valence-electron chi connectivity index (χ3n) is 2.44. The van der Waals surface area contributed by atoms with E-state index >= 15 is 0 Å². The summed E-state index contributed by atoms with van der Waals surface area (Å²) in [5, 5.41) is 0. The average Bonchev–Trinajstić information content (AvgIpc) is 2.17. The number of rotatable bonds is 5. The van der Waals surface area contributed by atoms with E-state index in [2.05, 4.69) is 31.2 Å². The molecule has 0 aliphatic carbocycles. The van der Waals surface area contributed by atoms with Gasteiger partial charge in [0.1, 0.15) is 0 Å². The van der Waals surface area contributed by atoms with Crippen LogP contribution in [-0.4, -0.2) is 11.4 Å². The van der Waals surface area contributed by atoms with Crippen LogP contribution < -0.4 is 5.73 Å². The molecule has 0 spiro atoms. The number of benzene rings is 1. The Morgan fingerprint density at radius 2 is 1.86 bits per heavy atom. The van der Waals surface area contributed by atoms with Crippen molar-refractivity contribution in [1.82, 2.24) is 0 Å². The van der Waals surface area contributed by atoms with Gasteiger partial charge in [-0.2, -0.15) is 0 Å². The predicted molar refractivity (Wildman–Crippen MR) is 62.7 cm³/mol. The largest absolute Gasteiger partial charge is 0.330 e. The molecule has 0 saturated carbocycles. The van der Waals surface area contributed by atoms with E-state index in [-0.39, 0.29) is 4.87 Å². The van der Waals surface area contributed by atoms with Crippen molar-refractivity contribution in [2.75, 3.05) is 6.54 Å². The molecule has 0 bridgehead atoms. The molecule has 2 N–H and O–H groups in total. The number of alkyl halides is 1. The Balaban J connectivity index is 2.40. The molecule has 0 aromatic heterocycles. The van der Waals surface area contributed by atoms with Gasteiger partial charge in [-0.25, -0.2) is 0 Å². The van der Waals surface area contributed by atoms with Gasteiger partial charge >= 0.3 is 0 Å². The van der Waals surface area contributed by atoms with Crippen molar-refractivity contribution in [3.8, 4) is 0 Å². The number of hydrogen-bond donors (Lipinski definition) is 1. The van der Waals surface area contributed by atoms with Gasteiger partial charge < -0.3 is 5.73 Å². The maximum atomic E-state index is 6.31.